The molecule has 0 unspecified atom stereocenters. The van der Waals surface area contributed by atoms with Crippen molar-refractivity contribution in [2.24, 2.45) is 5.92 Å². The Bertz CT molecular complexity index is 636. The third-order valence-electron chi connectivity index (χ3n) is 4.97. The standard InChI is InChI=1S/C21H30FNO5/c1-2-3-4-5-6-7-16-17(24)12-18(25)20(16)23-21(27)19(26)13-28-15-10-8-14(22)9-11-15/h4-5,8-11,16-20,24-26H,2-3,6-7,12-13H2,1H3,(H,23,27)/b5-4-/t16-,17-,18+,19+,20+/m0/s1. The van der Waals surface area contributed by atoms with Crippen LogP contribution in [0.4, 0.5) is 4.39 Å². The van der Waals surface area contributed by atoms with Crippen molar-refractivity contribution < 1.29 is 29.2 Å². The van der Waals surface area contributed by atoms with E-state index in [1.165, 1.54) is 24.3 Å². The molecule has 0 aliphatic heterocycles. The molecule has 0 saturated heterocycles. The average Bonchev–Trinajstić information content (AvgIpc) is 2.93. The fourth-order valence-corrected chi connectivity index (χ4v) is 3.40. The second kappa shape index (κ2) is 11.1. The van der Waals surface area contributed by atoms with Crippen LogP contribution in [-0.4, -0.2) is 52.2 Å². The van der Waals surface area contributed by atoms with Crippen molar-refractivity contribution >= 4 is 5.91 Å². The van der Waals surface area contributed by atoms with Gasteiger partial charge in [-0.1, -0.05) is 25.5 Å². The molecule has 1 aliphatic rings. The van der Waals surface area contributed by atoms with Gasteiger partial charge < -0.3 is 25.4 Å². The molecule has 1 saturated carbocycles. The minimum absolute atomic E-state index is 0.191. The Hall–Kier alpha value is -1.96. The number of hydrogen-bond acceptors (Lipinski definition) is 5. The quantitative estimate of drug-likeness (QED) is 0.454. The maximum absolute atomic E-state index is 12.9. The number of amides is 1. The zero-order valence-corrected chi connectivity index (χ0v) is 16.1. The summed E-state index contributed by atoms with van der Waals surface area (Å²) in [6, 6.07) is 4.62. The van der Waals surface area contributed by atoms with Gasteiger partial charge in [-0.25, -0.2) is 4.39 Å². The molecule has 1 aromatic rings. The van der Waals surface area contributed by atoms with Crippen LogP contribution in [0.5, 0.6) is 5.75 Å². The number of carbonyl (C=O) groups is 1. The maximum atomic E-state index is 12.9. The van der Waals surface area contributed by atoms with Crippen LogP contribution in [0.1, 0.15) is 39.0 Å². The van der Waals surface area contributed by atoms with Gasteiger partial charge in [0.1, 0.15) is 18.2 Å². The number of benzene rings is 1. The van der Waals surface area contributed by atoms with E-state index in [1.807, 2.05) is 6.08 Å². The van der Waals surface area contributed by atoms with Gasteiger partial charge in [-0.05, 0) is 43.5 Å². The van der Waals surface area contributed by atoms with Gasteiger partial charge in [0.05, 0.1) is 18.2 Å². The molecular formula is C21H30FNO5. The molecule has 4 N–H and O–H groups in total. The van der Waals surface area contributed by atoms with Gasteiger partial charge in [-0.2, -0.15) is 0 Å². The van der Waals surface area contributed by atoms with Crippen molar-refractivity contribution in [3.8, 4) is 5.75 Å². The second-order valence-electron chi connectivity index (χ2n) is 7.19. The number of aliphatic hydroxyl groups excluding tert-OH is 3. The highest BCUT2D eigenvalue weighted by molar-refractivity contribution is 5.81. The van der Waals surface area contributed by atoms with Crippen molar-refractivity contribution in [2.75, 3.05) is 6.61 Å². The predicted molar refractivity (Wildman–Crippen MR) is 103 cm³/mol. The van der Waals surface area contributed by atoms with Crippen LogP contribution in [0.2, 0.25) is 0 Å². The molecule has 2 rings (SSSR count). The van der Waals surface area contributed by atoms with Crippen LogP contribution in [0.15, 0.2) is 36.4 Å². The Labute approximate surface area is 165 Å². The summed E-state index contributed by atoms with van der Waals surface area (Å²) in [5, 5.41) is 33.1. The van der Waals surface area contributed by atoms with Crippen LogP contribution in [0.25, 0.3) is 0 Å². The van der Waals surface area contributed by atoms with Crippen molar-refractivity contribution in [3.05, 3.63) is 42.2 Å². The molecule has 0 spiro atoms. The number of ether oxygens (including phenoxy) is 1. The molecule has 0 radical (unpaired) electrons. The summed E-state index contributed by atoms with van der Waals surface area (Å²) in [5.41, 5.74) is 0. The second-order valence-corrected chi connectivity index (χ2v) is 7.19. The zero-order valence-electron chi connectivity index (χ0n) is 16.1. The van der Waals surface area contributed by atoms with Gasteiger partial charge >= 0.3 is 0 Å². The van der Waals surface area contributed by atoms with Crippen LogP contribution in [0.3, 0.4) is 0 Å². The number of nitrogens with one attached hydrogen (secondary N) is 1. The summed E-state index contributed by atoms with van der Waals surface area (Å²) in [6.07, 6.45) is 4.75. The molecule has 1 fully saturated rings. The first-order valence-corrected chi connectivity index (χ1v) is 9.80. The first-order valence-electron chi connectivity index (χ1n) is 9.80. The summed E-state index contributed by atoms with van der Waals surface area (Å²) in [4.78, 5) is 12.3. The van der Waals surface area contributed by atoms with Gasteiger partial charge in [-0.3, -0.25) is 4.79 Å². The Balaban J connectivity index is 1.85. The van der Waals surface area contributed by atoms with Crippen molar-refractivity contribution in [2.45, 2.75) is 63.4 Å². The normalized spacial score (nSPS) is 25.8. The van der Waals surface area contributed by atoms with E-state index in [-0.39, 0.29) is 18.9 Å². The minimum Gasteiger partial charge on any atom is -0.490 e. The lowest BCUT2D eigenvalue weighted by Gasteiger charge is -2.25. The van der Waals surface area contributed by atoms with E-state index in [4.69, 9.17) is 4.74 Å². The van der Waals surface area contributed by atoms with Gasteiger partial charge in [-0.15, -0.1) is 0 Å². The highest BCUT2D eigenvalue weighted by Crippen LogP contribution is 2.30. The number of allylic oxidation sites excluding steroid dienone is 2. The Morgan fingerprint density at radius 2 is 1.93 bits per heavy atom. The van der Waals surface area contributed by atoms with E-state index in [1.54, 1.807) is 0 Å². The lowest BCUT2D eigenvalue weighted by molar-refractivity contribution is -0.132. The third kappa shape index (κ3) is 6.58. The molecule has 0 bridgehead atoms. The van der Waals surface area contributed by atoms with Gasteiger partial charge in [0, 0.05) is 12.3 Å². The number of unbranched alkanes of at least 4 members (excludes halogenated alkanes) is 1. The van der Waals surface area contributed by atoms with Gasteiger partial charge in [0.2, 0.25) is 0 Å². The number of aliphatic hydroxyl groups is 3. The van der Waals surface area contributed by atoms with E-state index in [0.717, 1.165) is 19.3 Å². The molecule has 1 aliphatic carbocycles. The molecule has 1 aromatic carbocycles. The molecule has 156 valence electrons. The summed E-state index contributed by atoms with van der Waals surface area (Å²) in [6.45, 7) is 1.80. The van der Waals surface area contributed by atoms with Crippen LogP contribution in [0, 0.1) is 11.7 Å². The first kappa shape index (κ1) is 22.3. The highest BCUT2D eigenvalue weighted by Gasteiger charge is 2.42. The molecule has 28 heavy (non-hydrogen) atoms. The largest absolute Gasteiger partial charge is 0.490 e. The number of halogens is 1. The predicted octanol–water partition coefficient (Wildman–Crippen LogP) is 1.93. The van der Waals surface area contributed by atoms with Crippen molar-refractivity contribution in [1.82, 2.24) is 5.32 Å². The number of hydrogen-bond donors (Lipinski definition) is 4. The summed E-state index contributed by atoms with van der Waals surface area (Å²) in [5.74, 6) is -1.03. The van der Waals surface area contributed by atoms with E-state index in [0.29, 0.717) is 12.2 Å². The summed E-state index contributed by atoms with van der Waals surface area (Å²) in [7, 11) is 0. The Morgan fingerprint density at radius 3 is 2.61 bits per heavy atom. The fraction of sp³-hybridized carbons (Fsp3) is 0.571. The topological polar surface area (TPSA) is 99.0 Å². The molecule has 0 heterocycles. The molecule has 0 aromatic heterocycles. The maximum Gasteiger partial charge on any atom is 0.252 e. The molecule has 1 amide bonds. The number of carbonyl (C=O) groups excluding carboxylic acids is 1. The van der Waals surface area contributed by atoms with Crippen molar-refractivity contribution in [1.29, 1.82) is 0 Å². The molecular weight excluding hydrogens is 365 g/mol. The third-order valence-corrected chi connectivity index (χ3v) is 4.97. The fourth-order valence-electron chi connectivity index (χ4n) is 3.40. The molecule has 5 atom stereocenters. The smallest absolute Gasteiger partial charge is 0.252 e. The lowest BCUT2D eigenvalue weighted by atomic mass is 9.95. The molecule has 6 nitrogen and oxygen atoms in total. The Kier molecular flexibility index (Phi) is 8.89. The molecule has 7 heteroatoms. The first-order chi connectivity index (χ1) is 13.4. The highest BCUT2D eigenvalue weighted by atomic mass is 19.1. The van der Waals surface area contributed by atoms with E-state index < -0.39 is 36.1 Å². The van der Waals surface area contributed by atoms with Crippen LogP contribution in [-0.2, 0) is 4.79 Å². The average molecular weight is 395 g/mol. The number of rotatable bonds is 10. The zero-order chi connectivity index (χ0) is 20.5. The van der Waals surface area contributed by atoms with E-state index >= 15 is 0 Å². The van der Waals surface area contributed by atoms with Crippen LogP contribution >= 0.6 is 0 Å². The monoisotopic (exact) mass is 395 g/mol. The SMILES string of the molecule is CCC/C=C\CC[C@@H]1[C@@H](NC(=O)[C@H](O)COc2ccc(F)cc2)[C@H](O)C[C@@H]1O. The van der Waals surface area contributed by atoms with E-state index in [9.17, 15) is 24.5 Å². The van der Waals surface area contributed by atoms with Gasteiger partial charge in [0.15, 0.2) is 6.10 Å². The van der Waals surface area contributed by atoms with Crippen molar-refractivity contribution in [3.63, 3.8) is 0 Å². The lowest BCUT2D eigenvalue weighted by Crippen LogP contribution is -2.49. The minimum atomic E-state index is -1.44. The summed E-state index contributed by atoms with van der Waals surface area (Å²) < 4.78 is 18.2. The van der Waals surface area contributed by atoms with Gasteiger partial charge in [0.25, 0.3) is 5.91 Å². The Morgan fingerprint density at radius 1 is 1.25 bits per heavy atom. The van der Waals surface area contributed by atoms with E-state index in [2.05, 4.69) is 18.3 Å². The van der Waals surface area contributed by atoms with Crippen LogP contribution < -0.4 is 10.1 Å². The summed E-state index contributed by atoms with van der Waals surface area (Å²) >= 11 is 0.